The SMILES string of the molecule is NN=CCC(=O)c1ccc(OC(=O)c2ccccc2I)cc1. The van der Waals surface area contributed by atoms with Crippen molar-refractivity contribution >= 4 is 40.6 Å². The summed E-state index contributed by atoms with van der Waals surface area (Å²) >= 11 is 2.08. The first-order valence-corrected chi connectivity index (χ1v) is 7.51. The van der Waals surface area contributed by atoms with Gasteiger partial charge in [-0.15, -0.1) is 0 Å². The Kier molecular flexibility index (Phi) is 5.65. The first-order chi connectivity index (χ1) is 10.6. The van der Waals surface area contributed by atoms with Crippen molar-refractivity contribution < 1.29 is 14.3 Å². The van der Waals surface area contributed by atoms with Crippen molar-refractivity contribution in [2.75, 3.05) is 0 Å². The molecule has 0 heterocycles. The highest BCUT2D eigenvalue weighted by Gasteiger charge is 2.12. The van der Waals surface area contributed by atoms with E-state index in [4.69, 9.17) is 10.6 Å². The van der Waals surface area contributed by atoms with E-state index < -0.39 is 5.97 Å². The van der Waals surface area contributed by atoms with Crippen molar-refractivity contribution in [1.82, 2.24) is 0 Å². The lowest BCUT2D eigenvalue weighted by molar-refractivity contribution is 0.0733. The van der Waals surface area contributed by atoms with E-state index in [1.165, 1.54) is 6.21 Å². The third-order valence-electron chi connectivity index (χ3n) is 2.86. The van der Waals surface area contributed by atoms with Crippen LogP contribution in [0.2, 0.25) is 0 Å². The van der Waals surface area contributed by atoms with Gasteiger partial charge in [-0.2, -0.15) is 5.10 Å². The number of carbonyl (C=O) groups excluding carboxylic acids is 2. The molecule has 0 aliphatic rings. The Morgan fingerprint density at radius 1 is 1.14 bits per heavy atom. The molecule has 0 aliphatic carbocycles. The summed E-state index contributed by atoms with van der Waals surface area (Å²) in [5.41, 5.74) is 1.01. The molecule has 6 heteroatoms. The molecule has 0 fully saturated rings. The minimum absolute atomic E-state index is 0.107. The van der Waals surface area contributed by atoms with E-state index in [-0.39, 0.29) is 12.2 Å². The number of ether oxygens (including phenoxy) is 1. The molecule has 0 aliphatic heterocycles. The molecule has 2 N–H and O–H groups in total. The van der Waals surface area contributed by atoms with Gasteiger partial charge in [0.1, 0.15) is 5.75 Å². The first-order valence-electron chi connectivity index (χ1n) is 6.43. The fourth-order valence-corrected chi connectivity index (χ4v) is 2.36. The number of ketones is 1. The van der Waals surface area contributed by atoms with Crippen LogP contribution in [0.5, 0.6) is 5.75 Å². The number of nitrogens with zero attached hydrogens (tertiary/aromatic N) is 1. The minimum atomic E-state index is -0.431. The lowest BCUT2D eigenvalue weighted by Crippen LogP contribution is -2.10. The Hall–Kier alpha value is -2.22. The van der Waals surface area contributed by atoms with Crippen LogP contribution < -0.4 is 10.6 Å². The largest absolute Gasteiger partial charge is 0.423 e. The van der Waals surface area contributed by atoms with Crippen molar-refractivity contribution in [3.8, 4) is 5.75 Å². The van der Waals surface area contributed by atoms with Gasteiger partial charge in [0.2, 0.25) is 0 Å². The van der Waals surface area contributed by atoms with E-state index in [0.29, 0.717) is 16.9 Å². The first kappa shape index (κ1) is 16.2. The van der Waals surface area contributed by atoms with Crippen LogP contribution in [0.1, 0.15) is 27.1 Å². The normalized spacial score (nSPS) is 10.6. The Morgan fingerprint density at radius 2 is 1.82 bits per heavy atom. The Labute approximate surface area is 141 Å². The van der Waals surface area contributed by atoms with Crippen LogP contribution in [0.15, 0.2) is 53.6 Å². The molecule has 0 unspecified atom stereocenters. The van der Waals surface area contributed by atoms with Crippen LogP contribution in [-0.4, -0.2) is 18.0 Å². The maximum atomic E-state index is 12.1. The summed E-state index contributed by atoms with van der Waals surface area (Å²) < 4.78 is 6.11. The number of nitrogens with two attached hydrogens (primary N) is 1. The van der Waals surface area contributed by atoms with Gasteiger partial charge in [0, 0.05) is 21.8 Å². The third-order valence-corrected chi connectivity index (χ3v) is 3.80. The predicted molar refractivity (Wildman–Crippen MR) is 92.2 cm³/mol. The van der Waals surface area contributed by atoms with Crippen LogP contribution in [0.25, 0.3) is 0 Å². The topological polar surface area (TPSA) is 81.8 Å². The average Bonchev–Trinajstić information content (AvgIpc) is 2.53. The molecule has 0 spiro atoms. The van der Waals surface area contributed by atoms with Gasteiger partial charge in [0.25, 0.3) is 0 Å². The highest BCUT2D eigenvalue weighted by molar-refractivity contribution is 14.1. The van der Waals surface area contributed by atoms with Gasteiger partial charge in [-0.3, -0.25) is 4.79 Å². The number of benzene rings is 2. The predicted octanol–water partition coefficient (Wildman–Crippen LogP) is 3.03. The van der Waals surface area contributed by atoms with Crippen molar-refractivity contribution in [3.05, 3.63) is 63.2 Å². The highest BCUT2D eigenvalue weighted by Crippen LogP contribution is 2.17. The fourth-order valence-electron chi connectivity index (χ4n) is 1.75. The zero-order valence-electron chi connectivity index (χ0n) is 11.5. The van der Waals surface area contributed by atoms with E-state index in [2.05, 4.69) is 27.7 Å². The molecule has 0 aromatic heterocycles. The number of Topliss-reactive ketones (excluding diaryl/α,β-unsaturated/α-hetero) is 1. The van der Waals surface area contributed by atoms with E-state index in [1.807, 2.05) is 12.1 Å². The zero-order valence-corrected chi connectivity index (χ0v) is 13.7. The monoisotopic (exact) mass is 408 g/mol. The quantitative estimate of drug-likeness (QED) is 0.157. The number of carbonyl (C=O) groups is 2. The summed E-state index contributed by atoms with van der Waals surface area (Å²) in [5.74, 6) is 4.81. The molecule has 112 valence electrons. The molecular formula is C16H13IN2O3. The summed E-state index contributed by atoms with van der Waals surface area (Å²) in [7, 11) is 0. The van der Waals surface area contributed by atoms with Crippen LogP contribution in [0.4, 0.5) is 0 Å². The Morgan fingerprint density at radius 3 is 2.45 bits per heavy atom. The lowest BCUT2D eigenvalue weighted by Gasteiger charge is -2.06. The van der Waals surface area contributed by atoms with E-state index in [0.717, 1.165) is 3.57 Å². The third kappa shape index (κ3) is 4.14. The number of esters is 1. The number of hydrazone groups is 1. The minimum Gasteiger partial charge on any atom is -0.423 e. The number of rotatable bonds is 5. The molecule has 0 saturated carbocycles. The highest BCUT2D eigenvalue weighted by atomic mass is 127. The summed E-state index contributed by atoms with van der Waals surface area (Å²) in [4.78, 5) is 23.8. The van der Waals surface area contributed by atoms with Gasteiger partial charge in [-0.1, -0.05) is 12.1 Å². The number of hydrogen-bond donors (Lipinski definition) is 1. The van der Waals surface area contributed by atoms with Crippen LogP contribution in [0, 0.1) is 3.57 Å². The second-order valence-electron chi connectivity index (χ2n) is 4.35. The molecule has 0 atom stereocenters. The molecule has 0 bridgehead atoms. The van der Waals surface area contributed by atoms with Crippen LogP contribution >= 0.6 is 22.6 Å². The van der Waals surface area contributed by atoms with E-state index >= 15 is 0 Å². The molecule has 0 radical (unpaired) electrons. The molecule has 2 aromatic rings. The summed E-state index contributed by atoms with van der Waals surface area (Å²) in [5, 5.41) is 3.28. The second-order valence-corrected chi connectivity index (χ2v) is 5.51. The smallest absolute Gasteiger partial charge is 0.344 e. The molecule has 0 amide bonds. The average molecular weight is 408 g/mol. The summed E-state index contributed by atoms with van der Waals surface area (Å²) in [6.45, 7) is 0. The maximum Gasteiger partial charge on any atom is 0.344 e. The fraction of sp³-hybridized carbons (Fsp3) is 0.0625. The van der Waals surface area contributed by atoms with E-state index in [1.54, 1.807) is 36.4 Å². The Bertz CT molecular complexity index is 712. The van der Waals surface area contributed by atoms with Gasteiger partial charge in [0.05, 0.1) is 5.56 Å². The molecule has 22 heavy (non-hydrogen) atoms. The van der Waals surface area contributed by atoms with Crippen molar-refractivity contribution in [2.24, 2.45) is 10.9 Å². The summed E-state index contributed by atoms with van der Waals surface area (Å²) in [6.07, 6.45) is 1.48. The molecule has 0 saturated heterocycles. The second kappa shape index (κ2) is 7.69. The molecule has 5 nitrogen and oxygen atoms in total. The zero-order chi connectivity index (χ0) is 15.9. The van der Waals surface area contributed by atoms with Crippen molar-refractivity contribution in [3.63, 3.8) is 0 Å². The van der Waals surface area contributed by atoms with E-state index in [9.17, 15) is 9.59 Å². The number of hydrogen-bond acceptors (Lipinski definition) is 5. The van der Waals surface area contributed by atoms with Crippen LogP contribution in [-0.2, 0) is 0 Å². The van der Waals surface area contributed by atoms with Crippen LogP contribution in [0.3, 0.4) is 0 Å². The van der Waals surface area contributed by atoms with Crippen molar-refractivity contribution in [1.29, 1.82) is 0 Å². The maximum absolute atomic E-state index is 12.1. The van der Waals surface area contributed by atoms with Crippen molar-refractivity contribution in [2.45, 2.75) is 6.42 Å². The molecular weight excluding hydrogens is 395 g/mol. The molecule has 2 rings (SSSR count). The van der Waals surface area contributed by atoms with Gasteiger partial charge in [-0.05, 0) is 59.0 Å². The van der Waals surface area contributed by atoms with Gasteiger partial charge in [-0.25, -0.2) is 4.79 Å². The standard InChI is InChI=1S/C16H13IN2O3/c17-14-4-2-1-3-13(14)16(21)22-12-7-5-11(6-8-12)15(20)9-10-19-18/h1-8,10H,9,18H2. The lowest BCUT2D eigenvalue weighted by atomic mass is 10.1. The number of halogens is 1. The van der Waals surface area contributed by atoms with Gasteiger partial charge >= 0.3 is 5.97 Å². The van der Waals surface area contributed by atoms with Gasteiger partial charge < -0.3 is 10.6 Å². The Balaban J connectivity index is 2.07. The summed E-state index contributed by atoms with van der Waals surface area (Å²) in [6, 6.07) is 13.5. The molecule has 2 aromatic carbocycles. The van der Waals surface area contributed by atoms with Gasteiger partial charge in [0.15, 0.2) is 5.78 Å².